The fourth-order valence-electron chi connectivity index (χ4n) is 1.74. The third-order valence-corrected chi connectivity index (χ3v) is 3.27. The molecule has 5 heteroatoms. The van der Waals surface area contributed by atoms with Gasteiger partial charge in [0.15, 0.2) is 0 Å². The molecular weight excluding hydrogens is 227 g/mol. The van der Waals surface area contributed by atoms with Crippen molar-refractivity contribution in [1.29, 1.82) is 0 Å². The maximum atomic E-state index is 11.6. The number of rotatable bonds is 4. The lowest BCUT2D eigenvalue weighted by atomic mass is 9.98. The van der Waals surface area contributed by atoms with Crippen molar-refractivity contribution < 1.29 is 19.1 Å². The average molecular weight is 242 g/mol. The van der Waals surface area contributed by atoms with E-state index < -0.39 is 13.1 Å². The van der Waals surface area contributed by atoms with Gasteiger partial charge in [-0.2, -0.15) is 0 Å². The summed E-state index contributed by atoms with van der Waals surface area (Å²) in [4.78, 5) is 29.3. The molecule has 0 bridgehead atoms. The molecule has 1 aromatic rings. The number of carbonyl (C=O) groups excluding carboxylic acids is 1. The van der Waals surface area contributed by atoms with Gasteiger partial charge in [-0.05, 0) is 24.0 Å². The lowest BCUT2D eigenvalue weighted by Crippen LogP contribution is -2.06. The summed E-state index contributed by atoms with van der Waals surface area (Å²) in [5.41, 5.74) is 0.759. The maximum Gasteiger partial charge on any atom is 0.396 e. The smallest absolute Gasteiger partial charge is 0.319 e. The molecule has 0 aliphatic carbocycles. The lowest BCUT2D eigenvalue weighted by molar-refractivity contribution is 0.104. The number of carbonyl (C=O) groups is 1. The van der Waals surface area contributed by atoms with Crippen LogP contribution in [0.5, 0.6) is 0 Å². The predicted octanol–water partition coefficient (Wildman–Crippen LogP) is 2.13. The SMILES string of the molecule is CCc1cccc(C(=O)P(=O)(O)O)c1CC. The molecule has 0 aliphatic rings. The van der Waals surface area contributed by atoms with Crippen molar-refractivity contribution in [1.82, 2.24) is 0 Å². The number of benzene rings is 1. The van der Waals surface area contributed by atoms with Gasteiger partial charge in [-0.15, -0.1) is 0 Å². The van der Waals surface area contributed by atoms with E-state index in [0.29, 0.717) is 6.42 Å². The summed E-state index contributed by atoms with van der Waals surface area (Å²) in [6, 6.07) is 5.00. The summed E-state index contributed by atoms with van der Waals surface area (Å²) in [5, 5.41) is 0. The Labute approximate surface area is 94.5 Å². The van der Waals surface area contributed by atoms with Crippen LogP contribution in [0.3, 0.4) is 0 Å². The fourth-order valence-corrected chi connectivity index (χ4v) is 2.26. The highest BCUT2D eigenvalue weighted by molar-refractivity contribution is 7.70. The fraction of sp³-hybridized carbons (Fsp3) is 0.364. The van der Waals surface area contributed by atoms with Crippen LogP contribution in [-0.4, -0.2) is 15.3 Å². The van der Waals surface area contributed by atoms with E-state index in [2.05, 4.69) is 0 Å². The Bertz CT molecular complexity index is 447. The largest absolute Gasteiger partial charge is 0.396 e. The summed E-state index contributed by atoms with van der Waals surface area (Å²) < 4.78 is 10.9. The topological polar surface area (TPSA) is 74.6 Å². The summed E-state index contributed by atoms with van der Waals surface area (Å²) in [6.45, 7) is 3.81. The van der Waals surface area contributed by atoms with Crippen LogP contribution in [0.25, 0.3) is 0 Å². The Morgan fingerprint density at radius 3 is 2.31 bits per heavy atom. The highest BCUT2D eigenvalue weighted by Crippen LogP contribution is 2.40. The van der Waals surface area contributed by atoms with E-state index in [1.54, 1.807) is 6.07 Å². The molecule has 0 unspecified atom stereocenters. The van der Waals surface area contributed by atoms with Crippen molar-refractivity contribution in [2.45, 2.75) is 26.7 Å². The molecule has 0 heterocycles. The Morgan fingerprint density at radius 2 is 1.88 bits per heavy atom. The average Bonchev–Trinajstić information content (AvgIpc) is 2.25. The molecule has 1 aromatic carbocycles. The zero-order valence-electron chi connectivity index (χ0n) is 9.30. The van der Waals surface area contributed by atoms with E-state index >= 15 is 0 Å². The Hall–Kier alpha value is -0.960. The Kier molecular flexibility index (Phi) is 4.03. The number of aryl methyl sites for hydroxylation is 1. The lowest BCUT2D eigenvalue weighted by Gasteiger charge is -2.11. The molecule has 0 aromatic heterocycles. The molecule has 1 rings (SSSR count). The minimum absolute atomic E-state index is 0.148. The first-order valence-corrected chi connectivity index (χ1v) is 6.74. The van der Waals surface area contributed by atoms with Gasteiger partial charge in [0.1, 0.15) is 0 Å². The molecule has 0 amide bonds. The van der Waals surface area contributed by atoms with Gasteiger partial charge in [-0.3, -0.25) is 9.36 Å². The molecule has 0 aliphatic heterocycles. The molecule has 4 nitrogen and oxygen atoms in total. The van der Waals surface area contributed by atoms with Crippen LogP contribution in [0.15, 0.2) is 18.2 Å². The van der Waals surface area contributed by atoms with Crippen LogP contribution < -0.4 is 0 Å². The molecule has 0 radical (unpaired) electrons. The second-order valence-corrected chi connectivity index (χ2v) is 4.99. The quantitative estimate of drug-likeness (QED) is 0.793. The van der Waals surface area contributed by atoms with Gasteiger partial charge in [0.05, 0.1) is 0 Å². The third-order valence-electron chi connectivity index (χ3n) is 2.50. The summed E-state index contributed by atoms with van der Waals surface area (Å²) >= 11 is 0. The van der Waals surface area contributed by atoms with Crippen molar-refractivity contribution in [2.24, 2.45) is 0 Å². The minimum atomic E-state index is -4.69. The molecule has 0 fully saturated rings. The van der Waals surface area contributed by atoms with E-state index in [0.717, 1.165) is 17.5 Å². The van der Waals surface area contributed by atoms with E-state index in [1.807, 2.05) is 19.9 Å². The van der Waals surface area contributed by atoms with Gasteiger partial charge in [-0.25, -0.2) is 0 Å². The van der Waals surface area contributed by atoms with Crippen molar-refractivity contribution >= 4 is 13.1 Å². The first kappa shape index (κ1) is 13.1. The van der Waals surface area contributed by atoms with Crippen LogP contribution in [0.2, 0.25) is 0 Å². The van der Waals surface area contributed by atoms with Crippen LogP contribution in [-0.2, 0) is 17.4 Å². The highest BCUT2D eigenvalue weighted by atomic mass is 31.2. The zero-order valence-corrected chi connectivity index (χ0v) is 10.2. The molecule has 16 heavy (non-hydrogen) atoms. The second-order valence-electron chi connectivity index (χ2n) is 3.50. The predicted molar refractivity (Wildman–Crippen MR) is 61.6 cm³/mol. The zero-order chi connectivity index (χ0) is 12.3. The van der Waals surface area contributed by atoms with E-state index in [1.165, 1.54) is 6.07 Å². The van der Waals surface area contributed by atoms with Gasteiger partial charge < -0.3 is 9.79 Å². The third kappa shape index (κ3) is 2.59. The monoisotopic (exact) mass is 242 g/mol. The molecule has 0 saturated carbocycles. The number of hydrogen-bond donors (Lipinski definition) is 2. The van der Waals surface area contributed by atoms with Crippen molar-refractivity contribution in [3.8, 4) is 0 Å². The number of hydrogen-bond acceptors (Lipinski definition) is 2. The van der Waals surface area contributed by atoms with Crippen molar-refractivity contribution in [3.63, 3.8) is 0 Å². The normalized spacial score (nSPS) is 11.5. The summed E-state index contributed by atoms with van der Waals surface area (Å²) in [6.07, 6.45) is 1.33. The van der Waals surface area contributed by atoms with Gasteiger partial charge in [-0.1, -0.05) is 32.0 Å². The van der Waals surface area contributed by atoms with Gasteiger partial charge in [0, 0.05) is 5.56 Å². The molecule has 2 N–H and O–H groups in total. The van der Waals surface area contributed by atoms with Gasteiger partial charge in [0.25, 0.3) is 5.52 Å². The van der Waals surface area contributed by atoms with E-state index in [9.17, 15) is 9.36 Å². The molecule has 0 spiro atoms. The van der Waals surface area contributed by atoms with Gasteiger partial charge in [0.2, 0.25) is 0 Å². The Balaban J connectivity index is 3.34. The first-order chi connectivity index (χ1) is 7.41. The van der Waals surface area contributed by atoms with Crippen LogP contribution >= 0.6 is 7.60 Å². The molecule has 0 atom stereocenters. The van der Waals surface area contributed by atoms with Gasteiger partial charge >= 0.3 is 7.60 Å². The van der Waals surface area contributed by atoms with Crippen LogP contribution in [0, 0.1) is 0 Å². The highest BCUT2D eigenvalue weighted by Gasteiger charge is 2.29. The first-order valence-electron chi connectivity index (χ1n) is 5.13. The van der Waals surface area contributed by atoms with Crippen molar-refractivity contribution in [3.05, 3.63) is 34.9 Å². The van der Waals surface area contributed by atoms with Crippen LogP contribution in [0.4, 0.5) is 0 Å². The summed E-state index contributed by atoms with van der Waals surface area (Å²) in [7, 11) is -4.69. The van der Waals surface area contributed by atoms with Crippen molar-refractivity contribution in [2.75, 3.05) is 0 Å². The second kappa shape index (κ2) is 4.91. The Morgan fingerprint density at radius 1 is 1.25 bits per heavy atom. The maximum absolute atomic E-state index is 11.6. The standard InChI is InChI=1S/C11H15O4P/c1-3-8-6-5-7-10(9(8)4-2)11(12)16(13,14)15/h5-7H,3-4H2,1-2H3,(H2,13,14,15). The molecule has 88 valence electrons. The van der Waals surface area contributed by atoms with Crippen LogP contribution in [0.1, 0.15) is 35.3 Å². The molecule has 0 saturated heterocycles. The van der Waals surface area contributed by atoms with E-state index in [-0.39, 0.29) is 5.56 Å². The minimum Gasteiger partial charge on any atom is -0.319 e. The molecular formula is C11H15O4P. The van der Waals surface area contributed by atoms with E-state index in [4.69, 9.17) is 9.79 Å². The summed E-state index contributed by atoms with van der Waals surface area (Å²) in [5.74, 6) is 0.